The van der Waals surface area contributed by atoms with Gasteiger partial charge in [-0.2, -0.15) is 4.39 Å². The summed E-state index contributed by atoms with van der Waals surface area (Å²) in [5.74, 6) is -1.94. The van der Waals surface area contributed by atoms with Crippen molar-refractivity contribution in [3.05, 3.63) is 30.0 Å². The molecule has 2 aromatic rings. The van der Waals surface area contributed by atoms with Crippen LogP contribution in [0.25, 0.3) is 10.9 Å². The highest BCUT2D eigenvalue weighted by molar-refractivity contribution is 6.02. The van der Waals surface area contributed by atoms with Crippen LogP contribution in [0.1, 0.15) is 10.4 Å². The first-order chi connectivity index (χ1) is 6.20. The van der Waals surface area contributed by atoms with Crippen molar-refractivity contribution in [3.63, 3.8) is 0 Å². The summed E-state index contributed by atoms with van der Waals surface area (Å²) < 4.78 is 13.0. The fraction of sp³-hybridized carbons (Fsp3) is 0. The van der Waals surface area contributed by atoms with Gasteiger partial charge >= 0.3 is 5.97 Å². The van der Waals surface area contributed by atoms with Gasteiger partial charge in [-0.05, 0) is 6.07 Å². The van der Waals surface area contributed by atoms with Crippen molar-refractivity contribution in [2.45, 2.75) is 0 Å². The predicted octanol–water partition coefficient (Wildman–Crippen LogP) is 1.40. The lowest BCUT2D eigenvalue weighted by Crippen LogP contribution is -1.95. The molecule has 13 heavy (non-hydrogen) atoms. The Morgan fingerprint density at radius 2 is 2.38 bits per heavy atom. The van der Waals surface area contributed by atoms with E-state index in [1.165, 1.54) is 18.5 Å². The van der Waals surface area contributed by atoms with Gasteiger partial charge in [0, 0.05) is 12.4 Å². The highest BCUT2D eigenvalue weighted by Gasteiger charge is 2.14. The van der Waals surface area contributed by atoms with Crippen LogP contribution in [0.3, 0.4) is 0 Å². The third-order valence-electron chi connectivity index (χ3n) is 1.78. The smallest absolute Gasteiger partial charge is 0.338 e. The number of fused-ring (bicyclic) bond motifs is 1. The van der Waals surface area contributed by atoms with Crippen LogP contribution < -0.4 is 0 Å². The Morgan fingerprint density at radius 3 is 3.08 bits per heavy atom. The number of nitrogens with zero attached hydrogens (tertiary/aromatic N) is 1. The van der Waals surface area contributed by atoms with Crippen LogP contribution in [0.15, 0.2) is 18.5 Å². The topological polar surface area (TPSA) is 66.0 Å². The second kappa shape index (κ2) is 2.55. The van der Waals surface area contributed by atoms with Gasteiger partial charge in [-0.15, -0.1) is 0 Å². The Hall–Kier alpha value is -1.91. The number of carboxylic acid groups (broad SMARTS) is 1. The summed E-state index contributed by atoms with van der Waals surface area (Å²) >= 11 is 0. The molecule has 0 aliphatic carbocycles. The quantitative estimate of drug-likeness (QED) is 0.652. The Bertz CT molecular complexity index is 478. The standard InChI is InChI=1S/C8H5FN2O2/c9-7-6-4(8(12)13)3-11-5(6)1-2-10-7/h1-3,11H,(H,12,13). The number of aromatic amines is 1. The van der Waals surface area contributed by atoms with E-state index >= 15 is 0 Å². The minimum atomic E-state index is -1.17. The van der Waals surface area contributed by atoms with Crippen LogP contribution in [0, 0.1) is 5.95 Å². The molecule has 2 rings (SSSR count). The zero-order chi connectivity index (χ0) is 9.42. The molecule has 0 fully saturated rings. The lowest BCUT2D eigenvalue weighted by molar-refractivity contribution is 0.0698. The monoisotopic (exact) mass is 180 g/mol. The number of rotatable bonds is 1. The van der Waals surface area contributed by atoms with Gasteiger partial charge in [0.2, 0.25) is 5.95 Å². The van der Waals surface area contributed by atoms with Gasteiger partial charge in [-0.3, -0.25) is 0 Å². The first-order valence-electron chi connectivity index (χ1n) is 3.55. The maximum absolute atomic E-state index is 13.0. The van der Waals surface area contributed by atoms with Crippen LogP contribution in [0.4, 0.5) is 4.39 Å². The highest BCUT2D eigenvalue weighted by atomic mass is 19.1. The molecule has 0 bridgehead atoms. The van der Waals surface area contributed by atoms with Crippen LogP contribution in [-0.2, 0) is 0 Å². The van der Waals surface area contributed by atoms with E-state index in [0.717, 1.165) is 0 Å². The third-order valence-corrected chi connectivity index (χ3v) is 1.78. The average molecular weight is 180 g/mol. The van der Waals surface area contributed by atoms with E-state index in [9.17, 15) is 9.18 Å². The number of carbonyl (C=O) groups is 1. The second-order valence-corrected chi connectivity index (χ2v) is 2.53. The number of hydrogen-bond acceptors (Lipinski definition) is 2. The minimum absolute atomic E-state index is 0.0231. The van der Waals surface area contributed by atoms with E-state index in [1.54, 1.807) is 0 Å². The lowest BCUT2D eigenvalue weighted by Gasteiger charge is -1.92. The lowest BCUT2D eigenvalue weighted by atomic mass is 10.2. The number of nitrogens with one attached hydrogen (secondary N) is 1. The predicted molar refractivity (Wildman–Crippen MR) is 43.0 cm³/mol. The van der Waals surface area contributed by atoms with Gasteiger partial charge in [0.25, 0.3) is 0 Å². The summed E-state index contributed by atoms with van der Waals surface area (Å²) in [7, 11) is 0. The van der Waals surface area contributed by atoms with Gasteiger partial charge in [-0.25, -0.2) is 9.78 Å². The number of pyridine rings is 1. The Balaban J connectivity index is 2.86. The van der Waals surface area contributed by atoms with Crippen molar-refractivity contribution in [2.24, 2.45) is 0 Å². The maximum Gasteiger partial charge on any atom is 0.338 e. The molecule has 0 saturated carbocycles. The van der Waals surface area contributed by atoms with Gasteiger partial charge in [0.05, 0.1) is 16.5 Å². The van der Waals surface area contributed by atoms with E-state index in [-0.39, 0.29) is 10.9 Å². The van der Waals surface area contributed by atoms with Crippen molar-refractivity contribution in [2.75, 3.05) is 0 Å². The van der Waals surface area contributed by atoms with Crippen molar-refractivity contribution in [3.8, 4) is 0 Å². The minimum Gasteiger partial charge on any atom is -0.478 e. The molecule has 0 amide bonds. The molecule has 0 aliphatic rings. The second-order valence-electron chi connectivity index (χ2n) is 2.53. The van der Waals surface area contributed by atoms with Gasteiger partial charge in [0.15, 0.2) is 0 Å². The van der Waals surface area contributed by atoms with Gasteiger partial charge in [0.1, 0.15) is 0 Å². The number of H-pyrrole nitrogens is 1. The van der Waals surface area contributed by atoms with Crippen LogP contribution in [-0.4, -0.2) is 21.0 Å². The molecule has 2 aromatic heterocycles. The molecule has 0 spiro atoms. The molecule has 0 aliphatic heterocycles. The Labute approximate surface area is 72.0 Å². The molecule has 2 heterocycles. The van der Waals surface area contributed by atoms with E-state index in [1.807, 2.05) is 0 Å². The summed E-state index contributed by atoms with van der Waals surface area (Å²) in [5.41, 5.74) is 0.338. The van der Waals surface area contributed by atoms with Crippen molar-refractivity contribution in [1.82, 2.24) is 9.97 Å². The molecule has 0 atom stereocenters. The number of aromatic carboxylic acids is 1. The average Bonchev–Trinajstić information content (AvgIpc) is 2.49. The largest absolute Gasteiger partial charge is 0.478 e. The fourth-order valence-corrected chi connectivity index (χ4v) is 1.20. The van der Waals surface area contributed by atoms with Crippen molar-refractivity contribution >= 4 is 16.9 Å². The van der Waals surface area contributed by atoms with E-state index in [4.69, 9.17) is 5.11 Å². The maximum atomic E-state index is 13.0. The fourth-order valence-electron chi connectivity index (χ4n) is 1.20. The summed E-state index contributed by atoms with van der Waals surface area (Å²) in [5, 5.41) is 8.70. The van der Waals surface area contributed by atoms with Crippen LogP contribution in [0.5, 0.6) is 0 Å². The zero-order valence-corrected chi connectivity index (χ0v) is 6.41. The SMILES string of the molecule is O=C(O)c1c[nH]c2ccnc(F)c12. The first kappa shape index (κ1) is 7.72. The molecule has 5 heteroatoms. The van der Waals surface area contributed by atoms with E-state index in [0.29, 0.717) is 5.52 Å². The van der Waals surface area contributed by atoms with Crippen molar-refractivity contribution < 1.29 is 14.3 Å². The van der Waals surface area contributed by atoms with E-state index in [2.05, 4.69) is 9.97 Å². The highest BCUT2D eigenvalue weighted by Crippen LogP contribution is 2.19. The molecule has 0 saturated heterocycles. The number of aromatic nitrogens is 2. The Morgan fingerprint density at radius 1 is 1.62 bits per heavy atom. The first-order valence-corrected chi connectivity index (χ1v) is 3.55. The number of hydrogen-bond donors (Lipinski definition) is 2. The molecular formula is C8H5FN2O2. The summed E-state index contributed by atoms with van der Waals surface area (Å²) in [4.78, 5) is 16.6. The molecule has 66 valence electrons. The van der Waals surface area contributed by atoms with Crippen LogP contribution >= 0.6 is 0 Å². The molecular weight excluding hydrogens is 175 g/mol. The summed E-state index contributed by atoms with van der Waals surface area (Å²) in [6.07, 6.45) is 2.53. The van der Waals surface area contributed by atoms with Gasteiger partial charge < -0.3 is 10.1 Å². The Kier molecular flexibility index (Phi) is 1.51. The van der Waals surface area contributed by atoms with Crippen molar-refractivity contribution in [1.29, 1.82) is 0 Å². The third kappa shape index (κ3) is 1.05. The zero-order valence-electron chi connectivity index (χ0n) is 6.41. The molecule has 2 N–H and O–H groups in total. The number of carboxylic acids is 1. The van der Waals surface area contributed by atoms with Gasteiger partial charge in [-0.1, -0.05) is 0 Å². The molecule has 0 radical (unpaired) electrons. The summed E-state index contributed by atoms with van der Waals surface area (Å²) in [6.45, 7) is 0. The number of halogens is 1. The molecule has 0 unspecified atom stereocenters. The van der Waals surface area contributed by atoms with E-state index < -0.39 is 11.9 Å². The molecule has 0 aromatic carbocycles. The van der Waals surface area contributed by atoms with Crippen LogP contribution in [0.2, 0.25) is 0 Å². The summed E-state index contributed by atoms with van der Waals surface area (Å²) in [6, 6.07) is 1.52. The molecule has 4 nitrogen and oxygen atoms in total. The normalized spacial score (nSPS) is 10.5.